The molecule has 1 N–H and O–H groups in total. The average Bonchev–Trinajstić information content (AvgIpc) is 2.77. The van der Waals surface area contributed by atoms with Gasteiger partial charge in [0.05, 0.1) is 0 Å². The minimum absolute atomic E-state index is 1.17. The Morgan fingerprint density at radius 3 is 2.38 bits per heavy atom. The van der Waals surface area contributed by atoms with E-state index in [0.717, 1.165) is 0 Å². The second kappa shape index (κ2) is 5.77. The lowest BCUT2D eigenvalue weighted by atomic mass is 10.2. The molecule has 0 saturated heterocycles. The van der Waals surface area contributed by atoms with Crippen molar-refractivity contribution >= 4 is 6.08 Å². The van der Waals surface area contributed by atoms with Gasteiger partial charge in [-0.3, -0.25) is 5.10 Å². The Kier molecular flexibility index (Phi) is 4.11. The van der Waals surface area contributed by atoms with Gasteiger partial charge in [0.15, 0.2) is 0 Å². The summed E-state index contributed by atoms with van der Waals surface area (Å²) >= 11 is 0. The first-order valence-electron chi connectivity index (χ1n) is 3.97. The Hall–Kier alpha value is -1.83. The molecular weight excluding hydrogens is 160 g/mol. The zero-order chi connectivity index (χ0) is 9.36. The summed E-state index contributed by atoms with van der Waals surface area (Å²) in [6, 6.07) is 11.7. The lowest BCUT2D eigenvalue weighted by Crippen LogP contribution is -1.63. The molecule has 65 valence electrons. The number of nitrogens with one attached hydrogen (secondary N) is 1. The minimum Gasteiger partial charge on any atom is -0.285 e. The van der Waals surface area contributed by atoms with Crippen LogP contribution in [0.4, 0.5) is 0 Å². The Balaban J connectivity index is 0.000000145. The molecule has 0 aliphatic heterocycles. The molecule has 2 rings (SSSR count). The van der Waals surface area contributed by atoms with Crippen molar-refractivity contribution in [3.05, 3.63) is 60.9 Å². The van der Waals surface area contributed by atoms with Crippen LogP contribution in [0.3, 0.4) is 0 Å². The van der Waals surface area contributed by atoms with Gasteiger partial charge in [0.1, 0.15) is 6.20 Å². The van der Waals surface area contributed by atoms with Crippen LogP contribution in [0.5, 0.6) is 0 Å². The fourth-order valence-corrected chi connectivity index (χ4v) is 0.775. The van der Waals surface area contributed by atoms with Gasteiger partial charge in [-0.2, -0.15) is 5.10 Å². The fourth-order valence-electron chi connectivity index (χ4n) is 0.775. The van der Waals surface area contributed by atoms with Gasteiger partial charge in [0.2, 0.25) is 0 Å². The maximum Gasteiger partial charge on any atom is 0.112 e. The molecule has 2 aromatic rings. The highest BCUT2D eigenvalue weighted by molar-refractivity contribution is 5.45. The van der Waals surface area contributed by atoms with Gasteiger partial charge in [-0.25, -0.2) is 0 Å². The number of rotatable bonds is 1. The molecular formula is C11H11N2. The summed E-state index contributed by atoms with van der Waals surface area (Å²) in [4.78, 5) is 0. The van der Waals surface area contributed by atoms with Crippen molar-refractivity contribution in [1.82, 2.24) is 10.2 Å². The summed E-state index contributed by atoms with van der Waals surface area (Å²) in [6.07, 6.45) is 6.10. The molecule has 0 bridgehead atoms. The highest BCUT2D eigenvalue weighted by Crippen LogP contribution is 1.97. The highest BCUT2D eigenvalue weighted by atomic mass is 15.1. The van der Waals surface area contributed by atoms with Gasteiger partial charge in [0, 0.05) is 6.20 Å². The molecule has 1 heterocycles. The largest absolute Gasteiger partial charge is 0.285 e. The predicted octanol–water partition coefficient (Wildman–Crippen LogP) is 2.54. The Morgan fingerprint density at radius 1 is 1.31 bits per heavy atom. The van der Waals surface area contributed by atoms with E-state index in [4.69, 9.17) is 0 Å². The van der Waals surface area contributed by atoms with E-state index >= 15 is 0 Å². The molecule has 0 atom stereocenters. The van der Waals surface area contributed by atoms with Crippen LogP contribution in [-0.4, -0.2) is 10.2 Å². The molecule has 0 aliphatic carbocycles. The summed E-state index contributed by atoms with van der Waals surface area (Å²) in [6.45, 7) is 3.63. The molecule has 2 heteroatoms. The van der Waals surface area contributed by atoms with Crippen LogP contribution >= 0.6 is 0 Å². The van der Waals surface area contributed by atoms with E-state index < -0.39 is 0 Å². The van der Waals surface area contributed by atoms with Crippen LogP contribution in [0.2, 0.25) is 0 Å². The van der Waals surface area contributed by atoms with Gasteiger partial charge in [-0.1, -0.05) is 43.0 Å². The lowest BCUT2D eigenvalue weighted by molar-refractivity contribution is 1.08. The van der Waals surface area contributed by atoms with E-state index in [0.29, 0.717) is 0 Å². The van der Waals surface area contributed by atoms with E-state index in [1.807, 2.05) is 36.4 Å². The molecule has 1 radical (unpaired) electrons. The zero-order valence-electron chi connectivity index (χ0n) is 7.27. The van der Waals surface area contributed by atoms with Crippen molar-refractivity contribution in [2.75, 3.05) is 0 Å². The van der Waals surface area contributed by atoms with Crippen molar-refractivity contribution < 1.29 is 0 Å². The first-order chi connectivity index (χ1) is 6.43. The minimum atomic E-state index is 1.17. The normalized spacial score (nSPS) is 8.31. The van der Waals surface area contributed by atoms with E-state index in [9.17, 15) is 0 Å². The first kappa shape index (κ1) is 9.26. The lowest BCUT2D eigenvalue weighted by Gasteiger charge is -1.85. The smallest absolute Gasteiger partial charge is 0.112 e. The molecule has 0 saturated carbocycles. The van der Waals surface area contributed by atoms with Gasteiger partial charge in [-0.15, -0.1) is 0 Å². The standard InChI is InChI=1S/C8H8.C3H3N2/c1-2-8-6-4-3-5-7-8;1-2-4-5-3-1/h2-7H,1H2;1-2H,(H,4,5). The number of aromatic amines is 1. The van der Waals surface area contributed by atoms with Crippen molar-refractivity contribution in [2.45, 2.75) is 0 Å². The quantitative estimate of drug-likeness (QED) is 0.701. The Labute approximate surface area is 77.9 Å². The molecule has 2 nitrogen and oxygen atoms in total. The first-order valence-corrected chi connectivity index (χ1v) is 3.97. The molecule has 0 unspecified atom stereocenters. The van der Waals surface area contributed by atoms with Crippen LogP contribution in [0.25, 0.3) is 6.08 Å². The number of aromatic nitrogens is 2. The van der Waals surface area contributed by atoms with E-state index in [-0.39, 0.29) is 0 Å². The number of hydrogen-bond donors (Lipinski definition) is 1. The fraction of sp³-hybridized carbons (Fsp3) is 0. The third-order valence-electron chi connectivity index (χ3n) is 1.40. The highest BCUT2D eigenvalue weighted by Gasteiger charge is 1.75. The molecule has 1 aromatic carbocycles. The SMILES string of the molecule is C=Cc1ccccc1.[c]1cc[nH]n1. The summed E-state index contributed by atoms with van der Waals surface area (Å²) < 4.78 is 0. The molecule has 0 amide bonds. The van der Waals surface area contributed by atoms with E-state index in [1.54, 1.807) is 12.3 Å². The Morgan fingerprint density at radius 2 is 2.08 bits per heavy atom. The number of hydrogen-bond acceptors (Lipinski definition) is 1. The van der Waals surface area contributed by atoms with Gasteiger partial charge in [0.25, 0.3) is 0 Å². The topological polar surface area (TPSA) is 28.7 Å². The number of benzene rings is 1. The summed E-state index contributed by atoms with van der Waals surface area (Å²) in [5.74, 6) is 0. The van der Waals surface area contributed by atoms with Crippen molar-refractivity contribution in [1.29, 1.82) is 0 Å². The van der Waals surface area contributed by atoms with E-state index in [1.165, 1.54) is 5.56 Å². The number of nitrogens with zero attached hydrogens (tertiary/aromatic N) is 1. The van der Waals surface area contributed by atoms with Crippen molar-refractivity contribution in [2.24, 2.45) is 0 Å². The average molecular weight is 171 g/mol. The molecule has 13 heavy (non-hydrogen) atoms. The summed E-state index contributed by atoms with van der Waals surface area (Å²) in [7, 11) is 0. The van der Waals surface area contributed by atoms with E-state index in [2.05, 4.69) is 23.0 Å². The molecule has 0 fully saturated rings. The van der Waals surface area contributed by atoms with Crippen LogP contribution < -0.4 is 0 Å². The second-order valence-corrected chi connectivity index (χ2v) is 2.32. The van der Waals surface area contributed by atoms with Crippen molar-refractivity contribution in [3.8, 4) is 0 Å². The van der Waals surface area contributed by atoms with Gasteiger partial charge >= 0.3 is 0 Å². The molecule has 0 spiro atoms. The second-order valence-electron chi connectivity index (χ2n) is 2.32. The third-order valence-corrected chi connectivity index (χ3v) is 1.40. The van der Waals surface area contributed by atoms with Crippen LogP contribution in [-0.2, 0) is 0 Å². The van der Waals surface area contributed by atoms with Crippen molar-refractivity contribution in [3.63, 3.8) is 0 Å². The molecule has 0 aliphatic rings. The zero-order valence-corrected chi connectivity index (χ0v) is 7.27. The Bertz CT molecular complexity index is 294. The maximum atomic E-state index is 3.63. The van der Waals surface area contributed by atoms with Gasteiger partial charge < -0.3 is 0 Å². The van der Waals surface area contributed by atoms with Crippen LogP contribution in [0.1, 0.15) is 5.56 Å². The maximum absolute atomic E-state index is 3.63. The summed E-state index contributed by atoms with van der Waals surface area (Å²) in [5, 5.41) is 6.03. The monoisotopic (exact) mass is 171 g/mol. The van der Waals surface area contributed by atoms with Crippen LogP contribution in [0.15, 0.2) is 49.2 Å². The molecule has 1 aromatic heterocycles. The summed E-state index contributed by atoms with van der Waals surface area (Å²) in [5.41, 5.74) is 1.17. The van der Waals surface area contributed by atoms with Crippen LogP contribution in [0, 0.1) is 6.20 Å². The number of H-pyrrole nitrogens is 1. The predicted molar refractivity (Wildman–Crippen MR) is 54.0 cm³/mol. The van der Waals surface area contributed by atoms with Gasteiger partial charge in [-0.05, 0) is 11.6 Å². The third kappa shape index (κ3) is 3.91.